The summed E-state index contributed by atoms with van der Waals surface area (Å²) in [7, 11) is 0. The summed E-state index contributed by atoms with van der Waals surface area (Å²) < 4.78 is 16.4. The molecule has 1 saturated heterocycles. The van der Waals surface area contributed by atoms with Crippen LogP contribution in [0.25, 0.3) is 0 Å². The van der Waals surface area contributed by atoms with Crippen molar-refractivity contribution in [2.24, 2.45) is 0 Å². The Morgan fingerprint density at radius 1 is 1.07 bits per heavy atom. The number of aryl methyl sites for hydroxylation is 1. The average molecular weight is 420 g/mol. The van der Waals surface area contributed by atoms with Crippen LogP contribution in [-0.2, 0) is 4.79 Å². The van der Waals surface area contributed by atoms with Crippen LogP contribution in [0.15, 0.2) is 28.7 Å². The number of nitrogens with one attached hydrogen (secondary N) is 1. The highest BCUT2D eigenvalue weighted by Crippen LogP contribution is 2.37. The smallest absolute Gasteiger partial charge is 0.289 e. The third kappa shape index (κ3) is 4.49. The molecule has 0 saturated carbocycles. The zero-order valence-electron chi connectivity index (χ0n) is 16.1. The first kappa shape index (κ1) is 19.6. The minimum atomic E-state index is -0.176. The van der Waals surface area contributed by atoms with Crippen molar-refractivity contribution in [2.75, 3.05) is 51.3 Å². The molecule has 2 aliphatic rings. The lowest BCUT2D eigenvalue weighted by atomic mass is 10.2. The van der Waals surface area contributed by atoms with E-state index in [1.807, 2.05) is 4.90 Å². The molecule has 29 heavy (non-hydrogen) atoms. The van der Waals surface area contributed by atoms with Gasteiger partial charge in [0.25, 0.3) is 5.91 Å². The molecule has 2 aliphatic heterocycles. The molecule has 8 nitrogen and oxygen atoms in total. The van der Waals surface area contributed by atoms with Crippen LogP contribution < -0.4 is 14.8 Å². The molecular weight excluding hydrogens is 398 g/mol. The molecule has 1 aromatic carbocycles. The molecule has 9 heteroatoms. The number of hydrogen-bond donors (Lipinski definition) is 1. The quantitative estimate of drug-likeness (QED) is 0.819. The summed E-state index contributed by atoms with van der Waals surface area (Å²) in [6.45, 7) is 5.24. The molecule has 1 aromatic heterocycles. The average Bonchev–Trinajstić information content (AvgIpc) is 3.15. The van der Waals surface area contributed by atoms with Gasteiger partial charge in [-0.25, -0.2) is 0 Å². The lowest BCUT2D eigenvalue weighted by Gasteiger charge is -2.33. The monoisotopic (exact) mass is 419 g/mol. The van der Waals surface area contributed by atoms with Gasteiger partial charge in [0.2, 0.25) is 5.91 Å². The van der Waals surface area contributed by atoms with Gasteiger partial charge in [0.1, 0.15) is 19.0 Å². The molecule has 0 spiro atoms. The van der Waals surface area contributed by atoms with E-state index in [4.69, 9.17) is 25.5 Å². The van der Waals surface area contributed by atoms with Crippen LogP contribution in [0.4, 0.5) is 5.69 Å². The molecular formula is C20H22ClN3O5. The summed E-state index contributed by atoms with van der Waals surface area (Å²) in [4.78, 5) is 28.6. The summed E-state index contributed by atoms with van der Waals surface area (Å²) in [6.07, 6.45) is 0. The summed E-state index contributed by atoms with van der Waals surface area (Å²) >= 11 is 6.25. The Labute approximate surface area is 173 Å². The number of carbonyl (C=O) groups is 2. The van der Waals surface area contributed by atoms with Gasteiger partial charge >= 0.3 is 0 Å². The highest BCUT2D eigenvalue weighted by atomic mass is 35.5. The van der Waals surface area contributed by atoms with Gasteiger partial charge in [0.15, 0.2) is 17.3 Å². The molecule has 1 N–H and O–H groups in total. The third-order valence-corrected chi connectivity index (χ3v) is 5.20. The van der Waals surface area contributed by atoms with Gasteiger partial charge in [-0.2, -0.15) is 0 Å². The fraction of sp³-hybridized carbons (Fsp3) is 0.400. The van der Waals surface area contributed by atoms with Crippen LogP contribution in [-0.4, -0.2) is 67.6 Å². The van der Waals surface area contributed by atoms with E-state index in [1.54, 1.807) is 36.1 Å². The fourth-order valence-electron chi connectivity index (χ4n) is 3.37. The predicted molar refractivity (Wildman–Crippen MR) is 107 cm³/mol. The van der Waals surface area contributed by atoms with E-state index >= 15 is 0 Å². The number of benzene rings is 1. The van der Waals surface area contributed by atoms with Gasteiger partial charge in [0.05, 0.1) is 17.3 Å². The second-order valence-electron chi connectivity index (χ2n) is 7.00. The fourth-order valence-corrected chi connectivity index (χ4v) is 3.57. The van der Waals surface area contributed by atoms with Crippen molar-refractivity contribution in [1.82, 2.24) is 9.80 Å². The van der Waals surface area contributed by atoms with E-state index in [0.29, 0.717) is 73.1 Å². The SMILES string of the molecule is Cc1ccc(C(=O)N2CCN(CC(=O)Nc3cc4c(cc3Cl)OCCO4)CC2)o1. The maximum absolute atomic E-state index is 12.5. The number of ether oxygens (including phenoxy) is 2. The number of amides is 2. The zero-order chi connectivity index (χ0) is 20.4. The molecule has 0 radical (unpaired) electrons. The number of carbonyl (C=O) groups excluding carboxylic acids is 2. The maximum Gasteiger partial charge on any atom is 0.289 e. The van der Waals surface area contributed by atoms with Crippen molar-refractivity contribution in [3.63, 3.8) is 0 Å². The van der Waals surface area contributed by atoms with Gasteiger partial charge in [-0.1, -0.05) is 11.6 Å². The lowest BCUT2D eigenvalue weighted by Crippen LogP contribution is -2.50. The second-order valence-corrected chi connectivity index (χ2v) is 7.41. The van der Waals surface area contributed by atoms with Crippen LogP contribution in [0.2, 0.25) is 5.02 Å². The Kier molecular flexibility index (Phi) is 5.64. The zero-order valence-corrected chi connectivity index (χ0v) is 16.8. The molecule has 2 amide bonds. The van der Waals surface area contributed by atoms with Crippen LogP contribution >= 0.6 is 11.6 Å². The summed E-state index contributed by atoms with van der Waals surface area (Å²) in [5.74, 6) is 1.90. The first-order chi connectivity index (χ1) is 14.0. The standard InChI is InChI=1S/C20H22ClN3O5/c1-13-2-3-16(29-13)20(26)24-6-4-23(5-7-24)12-19(25)22-15-11-18-17(10-14(15)21)27-8-9-28-18/h2-3,10-11H,4-9,12H2,1H3,(H,22,25). The number of anilines is 1. The van der Waals surface area contributed by atoms with E-state index in [-0.39, 0.29) is 18.4 Å². The number of furan rings is 1. The van der Waals surface area contributed by atoms with E-state index in [0.717, 1.165) is 0 Å². The highest BCUT2D eigenvalue weighted by molar-refractivity contribution is 6.34. The molecule has 0 atom stereocenters. The van der Waals surface area contributed by atoms with E-state index in [1.165, 1.54) is 0 Å². The Hall–Kier alpha value is -2.71. The number of fused-ring (bicyclic) bond motifs is 1. The van der Waals surface area contributed by atoms with E-state index < -0.39 is 0 Å². The number of hydrogen-bond acceptors (Lipinski definition) is 6. The number of halogens is 1. The first-order valence-electron chi connectivity index (χ1n) is 9.46. The van der Waals surface area contributed by atoms with Crippen molar-refractivity contribution in [2.45, 2.75) is 6.92 Å². The van der Waals surface area contributed by atoms with E-state index in [9.17, 15) is 9.59 Å². The number of rotatable bonds is 4. The number of piperazine rings is 1. The molecule has 4 rings (SSSR count). The van der Waals surface area contributed by atoms with Crippen molar-refractivity contribution in [1.29, 1.82) is 0 Å². The molecule has 154 valence electrons. The van der Waals surface area contributed by atoms with Crippen molar-refractivity contribution >= 4 is 29.1 Å². The lowest BCUT2D eigenvalue weighted by molar-refractivity contribution is -0.117. The Bertz CT molecular complexity index is 921. The topological polar surface area (TPSA) is 84.3 Å². The van der Waals surface area contributed by atoms with Gasteiger partial charge < -0.3 is 24.1 Å². The highest BCUT2D eigenvalue weighted by Gasteiger charge is 2.25. The first-order valence-corrected chi connectivity index (χ1v) is 9.84. The van der Waals surface area contributed by atoms with Crippen molar-refractivity contribution in [3.05, 3.63) is 40.8 Å². The normalized spacial score (nSPS) is 16.6. The summed E-state index contributed by atoms with van der Waals surface area (Å²) in [5.41, 5.74) is 0.489. The molecule has 0 aliphatic carbocycles. The van der Waals surface area contributed by atoms with Crippen LogP contribution in [0, 0.1) is 6.92 Å². The predicted octanol–water partition coefficient (Wildman–Crippen LogP) is 2.41. The van der Waals surface area contributed by atoms with Crippen LogP contribution in [0.5, 0.6) is 11.5 Å². The van der Waals surface area contributed by atoms with Crippen LogP contribution in [0.3, 0.4) is 0 Å². The van der Waals surface area contributed by atoms with Gasteiger partial charge in [0, 0.05) is 38.3 Å². The van der Waals surface area contributed by atoms with Crippen LogP contribution in [0.1, 0.15) is 16.3 Å². The van der Waals surface area contributed by atoms with Gasteiger partial charge in [-0.3, -0.25) is 14.5 Å². The molecule has 0 unspecified atom stereocenters. The second kappa shape index (κ2) is 8.34. The Morgan fingerprint density at radius 3 is 2.41 bits per heavy atom. The third-order valence-electron chi connectivity index (χ3n) is 4.88. The minimum Gasteiger partial charge on any atom is -0.486 e. The van der Waals surface area contributed by atoms with Crippen molar-refractivity contribution in [3.8, 4) is 11.5 Å². The summed E-state index contributed by atoms with van der Waals surface area (Å²) in [5, 5.41) is 3.22. The summed E-state index contributed by atoms with van der Waals surface area (Å²) in [6, 6.07) is 6.79. The number of nitrogens with zero attached hydrogens (tertiary/aromatic N) is 2. The van der Waals surface area contributed by atoms with Gasteiger partial charge in [-0.05, 0) is 19.1 Å². The van der Waals surface area contributed by atoms with Gasteiger partial charge in [-0.15, -0.1) is 0 Å². The Balaban J connectivity index is 1.29. The molecule has 0 bridgehead atoms. The molecule has 3 heterocycles. The Morgan fingerprint density at radius 2 is 1.76 bits per heavy atom. The maximum atomic E-state index is 12.5. The molecule has 1 fully saturated rings. The van der Waals surface area contributed by atoms with E-state index in [2.05, 4.69) is 5.32 Å². The van der Waals surface area contributed by atoms with Crippen molar-refractivity contribution < 1.29 is 23.5 Å². The molecule has 2 aromatic rings. The minimum absolute atomic E-state index is 0.120. The largest absolute Gasteiger partial charge is 0.486 e.